The zero-order chi connectivity index (χ0) is 21.8. The van der Waals surface area contributed by atoms with Crippen LogP contribution in [0.2, 0.25) is 5.02 Å². The molecule has 31 heavy (non-hydrogen) atoms. The molecule has 4 rings (SSSR count). The lowest BCUT2D eigenvalue weighted by Gasteiger charge is -2.35. The van der Waals surface area contributed by atoms with Crippen molar-refractivity contribution in [3.8, 4) is 0 Å². The van der Waals surface area contributed by atoms with Crippen LogP contribution < -0.4 is 9.62 Å². The van der Waals surface area contributed by atoms with Crippen molar-refractivity contribution >= 4 is 41.1 Å². The highest BCUT2D eigenvalue weighted by molar-refractivity contribution is 7.99. The van der Waals surface area contributed by atoms with E-state index in [-0.39, 0.29) is 6.03 Å². The Labute approximate surface area is 191 Å². The average Bonchev–Trinajstić information content (AvgIpc) is 3.25. The summed E-state index contributed by atoms with van der Waals surface area (Å²) in [7, 11) is 0. The number of nitrogens with zero attached hydrogens (tertiary/aromatic N) is 5. The molecular weight excluding hydrogens is 439 g/mol. The van der Waals surface area contributed by atoms with Crippen LogP contribution in [0, 0.1) is 0 Å². The van der Waals surface area contributed by atoms with Crippen LogP contribution in [0.4, 0.5) is 20.7 Å². The van der Waals surface area contributed by atoms with Gasteiger partial charge in [-0.1, -0.05) is 29.6 Å². The van der Waals surface area contributed by atoms with Crippen LogP contribution in [-0.4, -0.2) is 77.3 Å². The molecular formula is C21H28ClFN6OS. The van der Waals surface area contributed by atoms with E-state index in [1.807, 2.05) is 17.2 Å². The third kappa shape index (κ3) is 5.45. The molecule has 2 fully saturated rings. The quantitative estimate of drug-likeness (QED) is 0.673. The molecule has 0 bridgehead atoms. The van der Waals surface area contributed by atoms with E-state index in [2.05, 4.69) is 31.8 Å². The predicted octanol–water partition coefficient (Wildman–Crippen LogP) is 3.95. The Bertz CT molecular complexity index is 896. The van der Waals surface area contributed by atoms with Gasteiger partial charge in [-0.15, -0.1) is 5.10 Å². The zero-order valence-electron chi connectivity index (χ0n) is 17.6. The molecule has 0 radical (unpaired) electrons. The van der Waals surface area contributed by atoms with Crippen LogP contribution in [0.3, 0.4) is 0 Å². The number of hydrogen-bond donors (Lipinski definition) is 1. The van der Waals surface area contributed by atoms with Crippen LogP contribution in [0.15, 0.2) is 30.5 Å². The highest BCUT2D eigenvalue weighted by Gasteiger charge is 2.24. The van der Waals surface area contributed by atoms with Gasteiger partial charge in [-0.05, 0) is 30.5 Å². The predicted molar refractivity (Wildman–Crippen MR) is 125 cm³/mol. The number of carbonyl (C=O) groups is 1. The Hall–Kier alpha value is -1.97. The first-order valence-electron chi connectivity index (χ1n) is 10.6. The fourth-order valence-corrected chi connectivity index (χ4v) is 4.63. The highest BCUT2D eigenvalue weighted by Crippen LogP contribution is 2.30. The fourth-order valence-electron chi connectivity index (χ4n) is 4.08. The summed E-state index contributed by atoms with van der Waals surface area (Å²) in [4.78, 5) is 19.0. The summed E-state index contributed by atoms with van der Waals surface area (Å²) in [5, 5.41) is 4.98. The second kappa shape index (κ2) is 10.1. The number of piperazine rings is 1. The number of aromatic nitrogens is 2. The van der Waals surface area contributed by atoms with E-state index in [9.17, 15) is 9.18 Å². The minimum absolute atomic E-state index is 0.0983. The van der Waals surface area contributed by atoms with Crippen molar-refractivity contribution in [2.24, 2.45) is 0 Å². The molecule has 0 saturated carbocycles. The SMILES string of the molecule is CSNc1ccn(C(=O)N2CCN(Cc3ccc(Cl)c(N4CCC(F)CC4)c3)CC2)n1. The Morgan fingerprint density at radius 1 is 1.19 bits per heavy atom. The molecule has 2 aromatic rings. The molecule has 2 saturated heterocycles. The number of carbonyl (C=O) groups excluding carboxylic acids is 1. The summed E-state index contributed by atoms with van der Waals surface area (Å²) >= 11 is 7.88. The molecule has 1 N–H and O–H groups in total. The van der Waals surface area contributed by atoms with Gasteiger partial charge in [0.15, 0.2) is 5.82 Å². The van der Waals surface area contributed by atoms with Gasteiger partial charge in [0.1, 0.15) is 6.17 Å². The van der Waals surface area contributed by atoms with E-state index in [1.54, 1.807) is 12.3 Å². The average molecular weight is 467 g/mol. The van der Waals surface area contributed by atoms with E-state index in [1.165, 1.54) is 22.2 Å². The van der Waals surface area contributed by atoms with Gasteiger partial charge in [0.2, 0.25) is 0 Å². The van der Waals surface area contributed by atoms with Crippen LogP contribution in [-0.2, 0) is 6.54 Å². The number of alkyl halides is 1. The molecule has 0 unspecified atom stereocenters. The second-order valence-electron chi connectivity index (χ2n) is 7.94. The van der Waals surface area contributed by atoms with Gasteiger partial charge in [0, 0.05) is 64.3 Å². The monoisotopic (exact) mass is 466 g/mol. The number of rotatable bonds is 5. The maximum absolute atomic E-state index is 13.5. The van der Waals surface area contributed by atoms with Gasteiger partial charge in [-0.3, -0.25) is 4.90 Å². The maximum Gasteiger partial charge on any atom is 0.344 e. The molecule has 2 aliphatic rings. The summed E-state index contributed by atoms with van der Waals surface area (Å²) in [6.45, 7) is 5.12. The van der Waals surface area contributed by atoms with Crippen molar-refractivity contribution in [2.45, 2.75) is 25.6 Å². The summed E-state index contributed by atoms with van der Waals surface area (Å²) in [6, 6.07) is 7.81. The minimum atomic E-state index is -0.702. The van der Waals surface area contributed by atoms with Gasteiger partial charge in [0.05, 0.1) is 10.7 Å². The smallest absolute Gasteiger partial charge is 0.344 e. The van der Waals surface area contributed by atoms with E-state index in [4.69, 9.17) is 11.6 Å². The first kappa shape index (κ1) is 22.2. The Balaban J connectivity index is 1.32. The molecule has 7 nitrogen and oxygen atoms in total. The van der Waals surface area contributed by atoms with Crippen molar-refractivity contribution in [2.75, 3.05) is 55.1 Å². The Morgan fingerprint density at radius 3 is 2.65 bits per heavy atom. The van der Waals surface area contributed by atoms with Gasteiger partial charge in [-0.2, -0.15) is 4.68 Å². The van der Waals surface area contributed by atoms with Crippen molar-refractivity contribution in [3.63, 3.8) is 0 Å². The molecule has 3 heterocycles. The van der Waals surface area contributed by atoms with Gasteiger partial charge in [0.25, 0.3) is 0 Å². The number of benzene rings is 1. The number of nitrogens with one attached hydrogen (secondary N) is 1. The molecule has 1 aromatic heterocycles. The maximum atomic E-state index is 13.5. The summed E-state index contributed by atoms with van der Waals surface area (Å²) in [5.74, 6) is 0.675. The summed E-state index contributed by atoms with van der Waals surface area (Å²) in [5.41, 5.74) is 2.18. The minimum Gasteiger partial charge on any atom is -0.370 e. The number of halogens is 2. The lowest BCUT2D eigenvalue weighted by Crippen LogP contribution is -2.49. The van der Waals surface area contributed by atoms with E-state index >= 15 is 0 Å². The van der Waals surface area contributed by atoms with E-state index < -0.39 is 6.17 Å². The topological polar surface area (TPSA) is 56.6 Å². The zero-order valence-corrected chi connectivity index (χ0v) is 19.2. The Morgan fingerprint density at radius 2 is 1.94 bits per heavy atom. The van der Waals surface area contributed by atoms with Crippen LogP contribution in [0.25, 0.3) is 0 Å². The van der Waals surface area contributed by atoms with Gasteiger partial charge in [-0.25, -0.2) is 9.18 Å². The van der Waals surface area contributed by atoms with Gasteiger partial charge < -0.3 is 14.5 Å². The third-order valence-corrected chi connectivity index (χ3v) is 6.55. The van der Waals surface area contributed by atoms with Gasteiger partial charge >= 0.3 is 6.03 Å². The second-order valence-corrected chi connectivity index (χ2v) is 8.96. The number of anilines is 2. The first-order valence-corrected chi connectivity index (χ1v) is 12.2. The van der Waals surface area contributed by atoms with Crippen LogP contribution >= 0.6 is 23.5 Å². The number of hydrogen-bond acceptors (Lipinski definition) is 6. The van der Waals surface area contributed by atoms with Crippen LogP contribution in [0.5, 0.6) is 0 Å². The molecule has 0 spiro atoms. The van der Waals surface area contributed by atoms with Crippen molar-refractivity contribution in [1.82, 2.24) is 19.6 Å². The third-order valence-electron chi connectivity index (χ3n) is 5.82. The summed E-state index contributed by atoms with van der Waals surface area (Å²) in [6.07, 6.45) is 4.01. The number of piperidine rings is 1. The van der Waals surface area contributed by atoms with Crippen molar-refractivity contribution < 1.29 is 9.18 Å². The molecule has 0 aliphatic carbocycles. The van der Waals surface area contributed by atoms with E-state index in [0.29, 0.717) is 49.9 Å². The first-order chi connectivity index (χ1) is 15.0. The summed E-state index contributed by atoms with van der Waals surface area (Å²) < 4.78 is 17.9. The molecule has 168 valence electrons. The van der Waals surface area contributed by atoms with E-state index in [0.717, 1.165) is 25.3 Å². The molecule has 1 aromatic carbocycles. The van der Waals surface area contributed by atoms with Crippen molar-refractivity contribution in [3.05, 3.63) is 41.0 Å². The highest BCUT2D eigenvalue weighted by atomic mass is 35.5. The van der Waals surface area contributed by atoms with Crippen LogP contribution in [0.1, 0.15) is 18.4 Å². The normalized spacial score (nSPS) is 18.4. The lowest BCUT2D eigenvalue weighted by molar-refractivity contribution is 0.134. The number of amides is 1. The Kier molecular flexibility index (Phi) is 7.24. The van der Waals surface area contributed by atoms with Crippen molar-refractivity contribution in [1.29, 1.82) is 0 Å². The molecule has 10 heteroatoms. The molecule has 0 atom stereocenters. The fraction of sp³-hybridized carbons (Fsp3) is 0.524. The largest absolute Gasteiger partial charge is 0.370 e. The standard InChI is InChI=1S/C21H28ClFN6OS/c1-31-25-20-6-9-29(24-20)21(30)28-12-10-26(11-13-28)15-16-2-3-18(22)19(14-16)27-7-4-17(23)5-8-27/h2-3,6,9,14,17H,4-5,7-8,10-13,15H2,1H3,(H,24,25). The lowest BCUT2D eigenvalue weighted by atomic mass is 10.1. The molecule has 1 amide bonds. The molecule has 2 aliphatic heterocycles.